The second kappa shape index (κ2) is 2.97. The van der Waals surface area contributed by atoms with Gasteiger partial charge in [-0.15, -0.1) is 0 Å². The van der Waals surface area contributed by atoms with E-state index in [-0.39, 0.29) is 0 Å². The number of phenolic OH excluding ortho intramolecular Hbond substituents is 1. The monoisotopic (exact) mass is 154 g/mol. The molecule has 1 aromatic carbocycles. The van der Waals surface area contributed by atoms with E-state index in [2.05, 4.69) is 12.6 Å². The molecule has 1 rings (SSSR count). The zero-order valence-corrected chi connectivity index (χ0v) is 6.73. The van der Waals surface area contributed by atoms with Gasteiger partial charge in [0, 0.05) is 11.3 Å². The Balaban J connectivity index is 3.14. The highest BCUT2D eigenvalue weighted by atomic mass is 32.1. The van der Waals surface area contributed by atoms with E-state index in [0.29, 0.717) is 11.5 Å². The maximum absolute atomic E-state index is 9.35. The standard InChI is InChI=1S/C8H10OS/c1-6-3-2-4-7(5-10)8(6)9/h2-4,9-10H,5H2,1H3. The van der Waals surface area contributed by atoms with Crippen LogP contribution in [0.15, 0.2) is 18.2 Å². The molecule has 0 bridgehead atoms. The fourth-order valence-electron chi connectivity index (χ4n) is 0.847. The van der Waals surface area contributed by atoms with Crippen molar-refractivity contribution in [3.8, 4) is 5.75 Å². The molecule has 0 unspecified atom stereocenters. The quantitative estimate of drug-likeness (QED) is 0.594. The number of aryl methyl sites for hydroxylation is 1. The topological polar surface area (TPSA) is 20.2 Å². The van der Waals surface area contributed by atoms with Crippen LogP contribution in [0.1, 0.15) is 11.1 Å². The first-order valence-electron chi connectivity index (χ1n) is 3.14. The van der Waals surface area contributed by atoms with Crippen LogP contribution in [-0.4, -0.2) is 5.11 Å². The van der Waals surface area contributed by atoms with Gasteiger partial charge in [-0.2, -0.15) is 12.6 Å². The van der Waals surface area contributed by atoms with Crippen molar-refractivity contribution < 1.29 is 5.11 Å². The van der Waals surface area contributed by atoms with Crippen LogP contribution in [-0.2, 0) is 5.75 Å². The van der Waals surface area contributed by atoms with Gasteiger partial charge < -0.3 is 5.11 Å². The van der Waals surface area contributed by atoms with Crippen LogP contribution in [0.5, 0.6) is 5.75 Å². The van der Waals surface area contributed by atoms with Crippen molar-refractivity contribution in [3.63, 3.8) is 0 Å². The maximum atomic E-state index is 9.35. The average Bonchev–Trinajstić information content (AvgIpc) is 1.95. The van der Waals surface area contributed by atoms with E-state index >= 15 is 0 Å². The van der Waals surface area contributed by atoms with E-state index in [0.717, 1.165) is 11.1 Å². The van der Waals surface area contributed by atoms with Gasteiger partial charge in [-0.25, -0.2) is 0 Å². The molecule has 0 saturated heterocycles. The second-order valence-electron chi connectivity index (χ2n) is 2.24. The summed E-state index contributed by atoms with van der Waals surface area (Å²) in [5, 5.41) is 9.35. The van der Waals surface area contributed by atoms with Crippen LogP contribution in [0.3, 0.4) is 0 Å². The molecule has 2 heteroatoms. The summed E-state index contributed by atoms with van der Waals surface area (Å²) in [5.74, 6) is 0.963. The van der Waals surface area contributed by atoms with E-state index in [1.807, 2.05) is 25.1 Å². The first-order valence-corrected chi connectivity index (χ1v) is 3.77. The Morgan fingerprint density at radius 2 is 2.20 bits per heavy atom. The van der Waals surface area contributed by atoms with Crippen LogP contribution in [0, 0.1) is 6.92 Å². The van der Waals surface area contributed by atoms with Crippen LogP contribution in [0.4, 0.5) is 0 Å². The number of thiol groups is 1. The van der Waals surface area contributed by atoms with Gasteiger partial charge in [-0.3, -0.25) is 0 Å². The highest BCUT2D eigenvalue weighted by Crippen LogP contribution is 2.22. The first kappa shape index (κ1) is 7.48. The predicted molar refractivity (Wildman–Crippen MR) is 45.5 cm³/mol. The third-order valence-electron chi connectivity index (χ3n) is 1.49. The molecule has 0 aromatic heterocycles. The molecule has 0 radical (unpaired) electrons. The fourth-order valence-corrected chi connectivity index (χ4v) is 1.10. The van der Waals surface area contributed by atoms with Crippen LogP contribution in [0.25, 0.3) is 0 Å². The number of benzene rings is 1. The summed E-state index contributed by atoms with van der Waals surface area (Å²) in [5.41, 5.74) is 1.80. The summed E-state index contributed by atoms with van der Waals surface area (Å²) in [7, 11) is 0. The number of hydrogen-bond acceptors (Lipinski definition) is 2. The Morgan fingerprint density at radius 3 is 2.70 bits per heavy atom. The van der Waals surface area contributed by atoms with Crippen LogP contribution >= 0.6 is 12.6 Å². The second-order valence-corrected chi connectivity index (χ2v) is 2.56. The van der Waals surface area contributed by atoms with E-state index in [1.165, 1.54) is 0 Å². The minimum Gasteiger partial charge on any atom is -0.507 e. The molecule has 0 amide bonds. The van der Waals surface area contributed by atoms with Gasteiger partial charge in [0.1, 0.15) is 5.75 Å². The van der Waals surface area contributed by atoms with Crippen molar-refractivity contribution >= 4 is 12.6 Å². The van der Waals surface area contributed by atoms with Gasteiger partial charge in [0.2, 0.25) is 0 Å². The normalized spacial score (nSPS) is 9.80. The van der Waals surface area contributed by atoms with Crippen molar-refractivity contribution in [1.29, 1.82) is 0 Å². The molecule has 0 fully saturated rings. The van der Waals surface area contributed by atoms with Crippen LogP contribution in [0.2, 0.25) is 0 Å². The van der Waals surface area contributed by atoms with Gasteiger partial charge in [-0.05, 0) is 12.5 Å². The number of para-hydroxylation sites is 1. The third kappa shape index (κ3) is 1.27. The molecule has 0 saturated carbocycles. The zero-order valence-electron chi connectivity index (χ0n) is 5.83. The lowest BCUT2D eigenvalue weighted by Gasteiger charge is -2.02. The SMILES string of the molecule is Cc1cccc(CS)c1O. The minimum atomic E-state index is 0.373. The molecule has 0 heterocycles. The Labute approximate surface area is 66.1 Å². The maximum Gasteiger partial charge on any atom is 0.122 e. The van der Waals surface area contributed by atoms with Gasteiger partial charge in [0.25, 0.3) is 0 Å². The van der Waals surface area contributed by atoms with Crippen molar-refractivity contribution in [2.24, 2.45) is 0 Å². The van der Waals surface area contributed by atoms with Gasteiger partial charge in [0.15, 0.2) is 0 Å². The Bertz CT molecular complexity index is 233. The highest BCUT2D eigenvalue weighted by molar-refractivity contribution is 7.79. The lowest BCUT2D eigenvalue weighted by molar-refractivity contribution is 0.466. The van der Waals surface area contributed by atoms with E-state index in [1.54, 1.807) is 0 Å². The molecule has 0 aliphatic carbocycles. The summed E-state index contributed by atoms with van der Waals surface area (Å²) in [6.45, 7) is 1.88. The van der Waals surface area contributed by atoms with Crippen LogP contribution < -0.4 is 0 Å². The number of rotatable bonds is 1. The molecule has 1 N–H and O–H groups in total. The zero-order chi connectivity index (χ0) is 7.56. The lowest BCUT2D eigenvalue weighted by atomic mass is 10.1. The largest absolute Gasteiger partial charge is 0.507 e. The highest BCUT2D eigenvalue weighted by Gasteiger charge is 1.99. The van der Waals surface area contributed by atoms with Gasteiger partial charge >= 0.3 is 0 Å². The average molecular weight is 154 g/mol. The number of hydrogen-bond donors (Lipinski definition) is 2. The summed E-state index contributed by atoms with van der Waals surface area (Å²) < 4.78 is 0. The van der Waals surface area contributed by atoms with Gasteiger partial charge in [-0.1, -0.05) is 18.2 Å². The first-order chi connectivity index (χ1) is 4.75. The Hall–Kier alpha value is -0.630. The van der Waals surface area contributed by atoms with Crippen molar-refractivity contribution in [3.05, 3.63) is 29.3 Å². The van der Waals surface area contributed by atoms with Gasteiger partial charge in [0.05, 0.1) is 0 Å². The third-order valence-corrected chi connectivity index (χ3v) is 1.83. The molecule has 0 aliphatic heterocycles. The Morgan fingerprint density at radius 1 is 1.50 bits per heavy atom. The molecule has 10 heavy (non-hydrogen) atoms. The number of aromatic hydroxyl groups is 1. The van der Waals surface area contributed by atoms with Crippen molar-refractivity contribution in [1.82, 2.24) is 0 Å². The predicted octanol–water partition coefficient (Wildman–Crippen LogP) is 2.13. The summed E-state index contributed by atoms with van der Waals surface area (Å²) in [6, 6.07) is 5.66. The molecular weight excluding hydrogens is 144 g/mol. The fraction of sp³-hybridized carbons (Fsp3) is 0.250. The smallest absolute Gasteiger partial charge is 0.122 e. The molecule has 0 atom stereocenters. The van der Waals surface area contributed by atoms with Crippen molar-refractivity contribution in [2.45, 2.75) is 12.7 Å². The van der Waals surface area contributed by atoms with E-state index < -0.39 is 0 Å². The van der Waals surface area contributed by atoms with E-state index in [9.17, 15) is 5.11 Å². The lowest BCUT2D eigenvalue weighted by Crippen LogP contribution is -1.81. The molecular formula is C8H10OS. The number of phenols is 1. The summed E-state index contributed by atoms with van der Waals surface area (Å²) >= 11 is 4.07. The Kier molecular flexibility index (Phi) is 2.22. The molecule has 1 aromatic rings. The summed E-state index contributed by atoms with van der Waals surface area (Å²) in [6.07, 6.45) is 0. The summed E-state index contributed by atoms with van der Waals surface area (Å²) in [4.78, 5) is 0. The molecule has 54 valence electrons. The van der Waals surface area contributed by atoms with E-state index in [4.69, 9.17) is 0 Å². The molecule has 1 nitrogen and oxygen atoms in total. The molecule has 0 aliphatic rings. The minimum absolute atomic E-state index is 0.373. The molecule has 0 spiro atoms. The van der Waals surface area contributed by atoms with Crippen molar-refractivity contribution in [2.75, 3.05) is 0 Å².